The van der Waals surface area contributed by atoms with Gasteiger partial charge in [-0.25, -0.2) is 0 Å². The summed E-state index contributed by atoms with van der Waals surface area (Å²) in [5, 5.41) is 7.59. The minimum Gasteiger partial charge on any atom is -0.149 e. The summed E-state index contributed by atoms with van der Waals surface area (Å²) < 4.78 is 0. The van der Waals surface area contributed by atoms with Gasteiger partial charge in [0.25, 0.3) is 0 Å². The molecule has 0 aliphatic heterocycles. The maximum absolute atomic E-state index is 3.22. The smallest absolute Gasteiger partial charge is 0.0481 e. The van der Waals surface area contributed by atoms with Gasteiger partial charge in [-0.3, -0.25) is 0 Å². The largest absolute Gasteiger partial charge is 0.149 e. The molecule has 0 unspecified atom stereocenters. The molecule has 0 spiro atoms. The lowest BCUT2D eigenvalue weighted by Crippen LogP contribution is -1.71. The monoisotopic (exact) mass is 193 g/mol. The molecule has 0 saturated carbocycles. The molecule has 0 aromatic carbocycles. The van der Waals surface area contributed by atoms with E-state index in [2.05, 4.69) is 36.1 Å². The normalized spacial score (nSPS) is 10.5. The summed E-state index contributed by atoms with van der Waals surface area (Å²) in [4.78, 5) is 1.37. The molecule has 2 rings (SSSR count). The summed E-state index contributed by atoms with van der Waals surface area (Å²) in [6.45, 7) is 4.25. The molecule has 0 saturated heterocycles. The first-order chi connectivity index (χ1) is 5.77. The molecule has 2 aromatic rings. The van der Waals surface area contributed by atoms with Crippen molar-refractivity contribution in [1.29, 1.82) is 0 Å². The van der Waals surface area contributed by atoms with Crippen molar-refractivity contribution in [3.63, 3.8) is 0 Å². The van der Waals surface area contributed by atoms with Gasteiger partial charge in [0.2, 0.25) is 0 Å². The maximum atomic E-state index is 3.22. The van der Waals surface area contributed by atoms with Crippen LogP contribution in [0.25, 0.3) is 11.1 Å². The van der Waals surface area contributed by atoms with Gasteiger partial charge in [-0.05, 0) is 47.4 Å². The number of thiophene rings is 2. The molecule has 0 aliphatic carbocycles. The second-order valence-electron chi connectivity index (χ2n) is 2.82. The van der Waals surface area contributed by atoms with Crippen LogP contribution in [-0.4, -0.2) is 0 Å². The Kier molecular flexibility index (Phi) is 2.03. The van der Waals surface area contributed by atoms with Crippen molar-refractivity contribution in [3.05, 3.63) is 32.6 Å². The van der Waals surface area contributed by atoms with Crippen LogP contribution in [0.1, 0.15) is 10.4 Å². The Bertz CT molecular complexity index is 382. The van der Waals surface area contributed by atoms with Crippen LogP contribution in [0.2, 0.25) is 0 Å². The van der Waals surface area contributed by atoms with Crippen LogP contribution in [0, 0.1) is 19.2 Å². The van der Waals surface area contributed by atoms with E-state index in [0.29, 0.717) is 0 Å². The van der Waals surface area contributed by atoms with Crippen molar-refractivity contribution in [2.75, 3.05) is 0 Å². The highest BCUT2D eigenvalue weighted by Crippen LogP contribution is 2.29. The number of rotatable bonds is 1. The Morgan fingerprint density at radius 3 is 2.58 bits per heavy atom. The first-order valence-electron chi connectivity index (χ1n) is 3.78. The lowest BCUT2D eigenvalue weighted by Gasteiger charge is -1.92. The molecule has 1 radical (unpaired) electrons. The van der Waals surface area contributed by atoms with Crippen molar-refractivity contribution in [3.8, 4) is 11.1 Å². The molecule has 12 heavy (non-hydrogen) atoms. The van der Waals surface area contributed by atoms with Gasteiger partial charge in [-0.2, -0.15) is 0 Å². The van der Waals surface area contributed by atoms with Crippen LogP contribution in [-0.2, 0) is 0 Å². The zero-order chi connectivity index (χ0) is 8.55. The molecule has 0 aliphatic rings. The molecule has 0 amide bonds. The van der Waals surface area contributed by atoms with E-state index in [1.165, 1.54) is 21.6 Å². The van der Waals surface area contributed by atoms with E-state index < -0.39 is 0 Å². The first kappa shape index (κ1) is 8.02. The highest BCUT2D eigenvalue weighted by atomic mass is 32.1. The SMILES string of the molecule is Cc1cc(-c2cs[c]c2C)cs1. The third kappa shape index (κ3) is 1.32. The number of aryl methyl sites for hydroxylation is 2. The third-order valence-electron chi connectivity index (χ3n) is 1.83. The maximum Gasteiger partial charge on any atom is 0.0481 e. The Balaban J connectivity index is 2.50. The molecule has 61 valence electrons. The fourth-order valence-electron chi connectivity index (χ4n) is 1.19. The van der Waals surface area contributed by atoms with E-state index in [9.17, 15) is 0 Å². The summed E-state index contributed by atoms with van der Waals surface area (Å²) in [6, 6.07) is 2.23. The fourth-order valence-corrected chi connectivity index (χ4v) is 2.67. The lowest BCUT2D eigenvalue weighted by molar-refractivity contribution is 1.53. The van der Waals surface area contributed by atoms with Gasteiger partial charge in [-0.1, -0.05) is 0 Å². The van der Waals surface area contributed by atoms with Gasteiger partial charge in [0.05, 0.1) is 0 Å². The zero-order valence-electron chi connectivity index (χ0n) is 7.05. The summed E-state index contributed by atoms with van der Waals surface area (Å²) in [6.07, 6.45) is 0. The molecular weight excluding hydrogens is 184 g/mol. The van der Waals surface area contributed by atoms with E-state index in [1.807, 2.05) is 0 Å². The Labute approximate surface area is 80.5 Å². The molecule has 0 atom stereocenters. The molecule has 2 heterocycles. The lowest BCUT2D eigenvalue weighted by atomic mass is 10.1. The zero-order valence-corrected chi connectivity index (χ0v) is 8.68. The van der Waals surface area contributed by atoms with Gasteiger partial charge in [0, 0.05) is 10.3 Å². The summed E-state index contributed by atoms with van der Waals surface area (Å²) in [5.41, 5.74) is 3.94. The highest BCUT2D eigenvalue weighted by Gasteiger charge is 2.03. The third-order valence-corrected chi connectivity index (χ3v) is 3.47. The van der Waals surface area contributed by atoms with Gasteiger partial charge >= 0.3 is 0 Å². The molecule has 0 bridgehead atoms. The van der Waals surface area contributed by atoms with Crippen LogP contribution in [0.4, 0.5) is 0 Å². The Hall–Kier alpha value is -0.600. The number of hydrogen-bond donors (Lipinski definition) is 0. The average Bonchev–Trinajstić information content (AvgIpc) is 2.58. The molecule has 0 nitrogen and oxygen atoms in total. The molecule has 0 N–H and O–H groups in total. The van der Waals surface area contributed by atoms with Gasteiger partial charge in [-0.15, -0.1) is 22.7 Å². The van der Waals surface area contributed by atoms with E-state index in [4.69, 9.17) is 0 Å². The molecule has 2 aromatic heterocycles. The summed E-state index contributed by atoms with van der Waals surface area (Å²) in [7, 11) is 0. The first-order valence-corrected chi connectivity index (χ1v) is 5.54. The van der Waals surface area contributed by atoms with Crippen molar-refractivity contribution in [2.24, 2.45) is 0 Å². The Morgan fingerprint density at radius 1 is 1.25 bits per heavy atom. The van der Waals surface area contributed by atoms with E-state index in [1.54, 1.807) is 22.7 Å². The van der Waals surface area contributed by atoms with Gasteiger partial charge in [0.1, 0.15) is 0 Å². The van der Waals surface area contributed by atoms with Crippen LogP contribution in [0.15, 0.2) is 16.8 Å². The molecule has 0 fully saturated rings. The predicted molar refractivity (Wildman–Crippen MR) is 55.9 cm³/mol. The Morgan fingerprint density at radius 2 is 2.08 bits per heavy atom. The van der Waals surface area contributed by atoms with E-state index >= 15 is 0 Å². The van der Waals surface area contributed by atoms with Crippen molar-refractivity contribution in [2.45, 2.75) is 13.8 Å². The van der Waals surface area contributed by atoms with Crippen LogP contribution >= 0.6 is 22.7 Å². The average molecular weight is 193 g/mol. The summed E-state index contributed by atoms with van der Waals surface area (Å²) >= 11 is 3.45. The van der Waals surface area contributed by atoms with Crippen LogP contribution < -0.4 is 0 Å². The minimum atomic E-state index is 1.26. The highest BCUT2D eigenvalue weighted by molar-refractivity contribution is 7.10. The topological polar surface area (TPSA) is 0 Å². The van der Waals surface area contributed by atoms with Gasteiger partial charge < -0.3 is 0 Å². The quantitative estimate of drug-likeness (QED) is 0.644. The second kappa shape index (κ2) is 3.04. The van der Waals surface area contributed by atoms with Crippen molar-refractivity contribution in [1.82, 2.24) is 0 Å². The minimum absolute atomic E-state index is 1.26. The van der Waals surface area contributed by atoms with Gasteiger partial charge in [0.15, 0.2) is 0 Å². The summed E-state index contributed by atoms with van der Waals surface area (Å²) in [5.74, 6) is 0. The van der Waals surface area contributed by atoms with E-state index in [-0.39, 0.29) is 0 Å². The van der Waals surface area contributed by atoms with Crippen LogP contribution in [0.5, 0.6) is 0 Å². The molecule has 2 heteroatoms. The van der Waals surface area contributed by atoms with E-state index in [0.717, 1.165) is 0 Å². The number of hydrogen-bond acceptors (Lipinski definition) is 2. The fraction of sp³-hybridized carbons (Fsp3) is 0.200. The molecular formula is C10H9S2. The van der Waals surface area contributed by atoms with Crippen molar-refractivity contribution < 1.29 is 0 Å². The standard InChI is InChI=1S/C10H9S2/c1-7-4-11-6-10(7)9-3-8(2)12-5-9/h3,5-6H,1-2H3. The van der Waals surface area contributed by atoms with Crippen LogP contribution in [0.3, 0.4) is 0 Å². The predicted octanol–water partition coefficient (Wildman–Crippen LogP) is 3.89. The second-order valence-corrected chi connectivity index (χ2v) is 4.61. The van der Waals surface area contributed by atoms with Crippen molar-refractivity contribution >= 4 is 22.7 Å².